The molecule has 3 aromatic carbocycles. The number of ether oxygens (including phenoxy) is 3. The Kier molecular flexibility index (Phi) is 7.30. The predicted molar refractivity (Wildman–Crippen MR) is 148 cm³/mol. The van der Waals surface area contributed by atoms with Crippen LogP contribution in [0, 0.1) is 11.3 Å². The summed E-state index contributed by atoms with van der Waals surface area (Å²) in [6, 6.07) is 19.9. The SMILES string of the molecule is N#Cc1cc(Cl)ccc1OCc1cccc(OC2CN(Cc3nc4ccc(C(=O)O)cc4n3CC3CCO3)C2)c1. The summed E-state index contributed by atoms with van der Waals surface area (Å²) in [5.74, 6) is 1.19. The summed E-state index contributed by atoms with van der Waals surface area (Å²) in [5, 5.41) is 19.3. The smallest absolute Gasteiger partial charge is 0.335 e. The quantitative estimate of drug-likeness (QED) is 0.293. The Morgan fingerprint density at radius 1 is 1.18 bits per heavy atom. The highest BCUT2D eigenvalue weighted by molar-refractivity contribution is 6.30. The molecular formula is C30H27ClN4O5. The van der Waals surface area contributed by atoms with Gasteiger partial charge >= 0.3 is 5.97 Å². The Bertz CT molecular complexity index is 1600. The van der Waals surface area contributed by atoms with Gasteiger partial charge in [0.2, 0.25) is 0 Å². The van der Waals surface area contributed by atoms with Crippen LogP contribution in [0.4, 0.5) is 0 Å². The van der Waals surface area contributed by atoms with E-state index in [-0.39, 0.29) is 17.8 Å². The lowest BCUT2D eigenvalue weighted by atomic mass is 10.1. The van der Waals surface area contributed by atoms with Crippen LogP contribution in [0.25, 0.3) is 11.0 Å². The Balaban J connectivity index is 1.07. The molecular weight excluding hydrogens is 532 g/mol. The Morgan fingerprint density at radius 3 is 2.77 bits per heavy atom. The lowest BCUT2D eigenvalue weighted by Gasteiger charge is -2.39. The Hall–Kier alpha value is -4.10. The van der Waals surface area contributed by atoms with Crippen molar-refractivity contribution < 1.29 is 24.1 Å². The number of fused-ring (bicyclic) bond motifs is 1. The van der Waals surface area contributed by atoms with Crippen LogP contribution in [-0.4, -0.2) is 57.4 Å². The van der Waals surface area contributed by atoms with E-state index in [2.05, 4.69) is 15.5 Å². The van der Waals surface area contributed by atoms with Gasteiger partial charge in [0.25, 0.3) is 0 Å². The number of likely N-dealkylation sites (tertiary alicyclic amines) is 1. The van der Waals surface area contributed by atoms with E-state index in [9.17, 15) is 15.2 Å². The Labute approximate surface area is 236 Å². The minimum Gasteiger partial charge on any atom is -0.488 e. The molecule has 1 aromatic heterocycles. The number of hydrogen-bond donors (Lipinski definition) is 1. The van der Waals surface area contributed by atoms with E-state index >= 15 is 0 Å². The minimum absolute atomic E-state index is 0.0454. The maximum absolute atomic E-state index is 11.5. The molecule has 0 saturated carbocycles. The van der Waals surface area contributed by atoms with E-state index < -0.39 is 5.97 Å². The van der Waals surface area contributed by atoms with Crippen LogP contribution in [0.15, 0.2) is 60.7 Å². The zero-order valence-corrected chi connectivity index (χ0v) is 22.4. The van der Waals surface area contributed by atoms with Crippen LogP contribution in [-0.2, 0) is 24.4 Å². The van der Waals surface area contributed by atoms with Crippen LogP contribution < -0.4 is 9.47 Å². The van der Waals surface area contributed by atoms with E-state index in [1.807, 2.05) is 24.3 Å². The second-order valence-corrected chi connectivity index (χ2v) is 10.5. The summed E-state index contributed by atoms with van der Waals surface area (Å²) in [4.78, 5) is 18.6. The standard InChI is InChI=1S/C30H27ClN4O5/c31-22-5-7-28(21(11-22)13-32)39-18-19-2-1-3-23(10-19)40-25-14-34(15-25)17-29-33-26-6-4-20(30(36)37)12-27(26)35(29)16-24-8-9-38-24/h1-7,10-12,24-25H,8-9,14-18H2,(H,36,37). The highest BCUT2D eigenvalue weighted by Crippen LogP contribution is 2.27. The van der Waals surface area contributed by atoms with Gasteiger partial charge in [-0.2, -0.15) is 5.26 Å². The summed E-state index contributed by atoms with van der Waals surface area (Å²) < 4.78 is 19.8. The molecule has 0 amide bonds. The average Bonchev–Trinajstić information content (AvgIpc) is 3.24. The van der Waals surface area contributed by atoms with Crippen LogP contribution >= 0.6 is 11.6 Å². The lowest BCUT2D eigenvalue weighted by Crippen LogP contribution is -2.53. The highest BCUT2D eigenvalue weighted by atomic mass is 35.5. The minimum atomic E-state index is -0.952. The van der Waals surface area contributed by atoms with Gasteiger partial charge in [0.1, 0.15) is 36.1 Å². The van der Waals surface area contributed by atoms with Crippen molar-refractivity contribution in [3.8, 4) is 17.6 Å². The van der Waals surface area contributed by atoms with Crippen molar-refractivity contribution in [2.75, 3.05) is 19.7 Å². The number of halogens is 1. The molecule has 0 aliphatic carbocycles. The van der Waals surface area contributed by atoms with E-state index in [0.29, 0.717) is 36.0 Å². The first kappa shape index (κ1) is 26.1. The van der Waals surface area contributed by atoms with Crippen molar-refractivity contribution in [2.45, 2.75) is 38.3 Å². The number of nitriles is 1. The third kappa shape index (κ3) is 5.61. The molecule has 4 aromatic rings. The largest absolute Gasteiger partial charge is 0.488 e. The predicted octanol–water partition coefficient (Wildman–Crippen LogP) is 4.89. The lowest BCUT2D eigenvalue weighted by molar-refractivity contribution is -0.0596. The van der Waals surface area contributed by atoms with Crippen LogP contribution in [0.5, 0.6) is 11.5 Å². The molecule has 2 aliphatic rings. The van der Waals surface area contributed by atoms with Crippen molar-refractivity contribution in [1.82, 2.24) is 14.5 Å². The first-order valence-electron chi connectivity index (χ1n) is 13.1. The molecule has 10 heteroatoms. The van der Waals surface area contributed by atoms with Gasteiger partial charge in [-0.15, -0.1) is 0 Å². The molecule has 9 nitrogen and oxygen atoms in total. The first-order chi connectivity index (χ1) is 19.4. The maximum Gasteiger partial charge on any atom is 0.335 e. The van der Waals surface area contributed by atoms with E-state index in [4.69, 9.17) is 30.8 Å². The fourth-order valence-corrected chi connectivity index (χ4v) is 5.14. The average molecular weight is 559 g/mol. The molecule has 1 unspecified atom stereocenters. The molecule has 0 bridgehead atoms. The van der Waals surface area contributed by atoms with Crippen molar-refractivity contribution in [3.05, 3.63) is 88.2 Å². The number of benzene rings is 3. The molecule has 2 aliphatic heterocycles. The molecule has 0 spiro atoms. The fourth-order valence-electron chi connectivity index (χ4n) is 4.97. The fraction of sp³-hybridized carbons (Fsp3) is 0.300. The molecule has 40 heavy (non-hydrogen) atoms. The van der Waals surface area contributed by atoms with Gasteiger partial charge in [0.15, 0.2) is 0 Å². The number of rotatable bonds is 10. The van der Waals surface area contributed by atoms with Crippen molar-refractivity contribution in [3.63, 3.8) is 0 Å². The zero-order chi connectivity index (χ0) is 27.6. The number of hydrogen-bond acceptors (Lipinski definition) is 7. The molecule has 1 atom stereocenters. The third-order valence-corrected chi connectivity index (χ3v) is 7.44. The molecule has 2 saturated heterocycles. The van der Waals surface area contributed by atoms with Crippen LogP contribution in [0.3, 0.4) is 0 Å². The number of carbonyl (C=O) groups is 1. The molecule has 3 heterocycles. The first-order valence-corrected chi connectivity index (χ1v) is 13.5. The molecule has 1 N–H and O–H groups in total. The molecule has 2 fully saturated rings. The number of carboxylic acids is 1. The molecule has 204 valence electrons. The summed E-state index contributed by atoms with van der Waals surface area (Å²) in [7, 11) is 0. The number of nitrogens with zero attached hydrogens (tertiary/aromatic N) is 4. The van der Waals surface area contributed by atoms with Crippen molar-refractivity contribution >= 4 is 28.6 Å². The van der Waals surface area contributed by atoms with Gasteiger partial charge in [-0.3, -0.25) is 4.90 Å². The maximum atomic E-state index is 11.5. The van der Waals surface area contributed by atoms with E-state index in [1.54, 1.807) is 36.4 Å². The van der Waals surface area contributed by atoms with Crippen molar-refractivity contribution in [2.24, 2.45) is 0 Å². The Morgan fingerprint density at radius 2 is 2.02 bits per heavy atom. The number of aromatic carboxylic acids is 1. The van der Waals surface area contributed by atoms with Gasteiger partial charge in [0, 0.05) is 24.7 Å². The molecule has 0 radical (unpaired) electrons. The number of carboxylic acid groups (broad SMARTS) is 1. The van der Waals surface area contributed by atoms with E-state index in [0.717, 1.165) is 54.3 Å². The molecule has 6 rings (SSSR count). The van der Waals surface area contributed by atoms with Gasteiger partial charge in [-0.25, -0.2) is 9.78 Å². The topological polar surface area (TPSA) is 110 Å². The highest BCUT2D eigenvalue weighted by Gasteiger charge is 2.31. The van der Waals surface area contributed by atoms with Gasteiger partial charge in [-0.05, 0) is 60.5 Å². The van der Waals surface area contributed by atoms with Crippen molar-refractivity contribution in [1.29, 1.82) is 5.26 Å². The monoisotopic (exact) mass is 558 g/mol. The summed E-state index contributed by atoms with van der Waals surface area (Å²) in [6.07, 6.45) is 1.16. The third-order valence-electron chi connectivity index (χ3n) is 7.20. The van der Waals surface area contributed by atoms with Crippen LogP contribution in [0.2, 0.25) is 5.02 Å². The van der Waals surface area contributed by atoms with Crippen LogP contribution in [0.1, 0.15) is 33.7 Å². The summed E-state index contributed by atoms with van der Waals surface area (Å²) in [5.41, 5.74) is 3.18. The number of imidazole rings is 1. The van der Waals surface area contributed by atoms with Gasteiger partial charge in [-0.1, -0.05) is 23.7 Å². The van der Waals surface area contributed by atoms with Gasteiger partial charge < -0.3 is 23.9 Å². The van der Waals surface area contributed by atoms with Gasteiger partial charge in [0.05, 0.1) is 41.4 Å². The number of aromatic nitrogens is 2. The van der Waals surface area contributed by atoms with E-state index in [1.165, 1.54) is 0 Å². The normalized spacial score (nSPS) is 17.1. The second kappa shape index (κ2) is 11.2. The summed E-state index contributed by atoms with van der Waals surface area (Å²) in [6.45, 7) is 3.85. The second-order valence-electron chi connectivity index (χ2n) is 10.1. The summed E-state index contributed by atoms with van der Waals surface area (Å²) >= 11 is 5.97. The zero-order valence-electron chi connectivity index (χ0n) is 21.6.